The second kappa shape index (κ2) is 6.50. The van der Waals surface area contributed by atoms with E-state index in [9.17, 15) is 4.79 Å². The van der Waals surface area contributed by atoms with Crippen molar-refractivity contribution in [2.45, 2.75) is 25.8 Å². The zero-order valence-electron chi connectivity index (χ0n) is 10.2. The Balaban J connectivity index is 1.88. The highest BCUT2D eigenvalue weighted by Gasteiger charge is 2.21. The number of hydrogen-bond donors (Lipinski definition) is 1. The maximum atomic E-state index is 12.1. The number of carbonyl (C=O) groups excluding carboxylic acids is 1. The number of nitrogens with zero attached hydrogens (tertiary/aromatic N) is 1. The summed E-state index contributed by atoms with van der Waals surface area (Å²) in [6.45, 7) is 5.45. The van der Waals surface area contributed by atoms with Crippen molar-refractivity contribution in [2.24, 2.45) is 0 Å². The minimum atomic E-state index is 0.0429. The van der Waals surface area contributed by atoms with Crippen LogP contribution >= 0.6 is 43.2 Å². The van der Waals surface area contributed by atoms with E-state index >= 15 is 0 Å². The van der Waals surface area contributed by atoms with Crippen molar-refractivity contribution in [3.8, 4) is 0 Å². The van der Waals surface area contributed by atoms with E-state index in [-0.39, 0.29) is 5.91 Å². The smallest absolute Gasteiger partial charge is 0.261 e. The average molecular weight is 396 g/mol. The molecule has 1 aromatic heterocycles. The number of carbonyl (C=O) groups is 1. The zero-order chi connectivity index (χ0) is 13.1. The van der Waals surface area contributed by atoms with E-state index in [0.717, 1.165) is 45.6 Å². The first-order chi connectivity index (χ1) is 8.60. The van der Waals surface area contributed by atoms with Crippen LogP contribution in [0.1, 0.15) is 29.4 Å². The third-order valence-electron chi connectivity index (χ3n) is 3.24. The van der Waals surface area contributed by atoms with Gasteiger partial charge in [-0.2, -0.15) is 0 Å². The number of amides is 1. The SMILES string of the molecule is CCN1CCC(NC(=O)c2cc(Br)c(Br)s2)CC1. The molecule has 1 saturated heterocycles. The molecule has 1 aromatic rings. The van der Waals surface area contributed by atoms with Gasteiger partial charge in [0, 0.05) is 23.6 Å². The fourth-order valence-corrected chi connectivity index (χ4v) is 4.05. The highest BCUT2D eigenvalue weighted by atomic mass is 79.9. The number of halogens is 2. The molecular formula is C12H16Br2N2OS. The van der Waals surface area contributed by atoms with Crippen LogP contribution in [0.15, 0.2) is 14.3 Å². The number of thiophene rings is 1. The normalized spacial score (nSPS) is 17.9. The Kier molecular flexibility index (Phi) is 5.24. The van der Waals surface area contributed by atoms with Crippen LogP contribution in [0.5, 0.6) is 0 Å². The maximum absolute atomic E-state index is 12.1. The van der Waals surface area contributed by atoms with E-state index < -0.39 is 0 Å². The molecule has 0 radical (unpaired) electrons. The lowest BCUT2D eigenvalue weighted by atomic mass is 10.1. The molecule has 0 unspecified atom stereocenters. The molecule has 1 N–H and O–H groups in total. The Labute approximate surface area is 128 Å². The van der Waals surface area contributed by atoms with Gasteiger partial charge in [-0.15, -0.1) is 11.3 Å². The van der Waals surface area contributed by atoms with Crippen LogP contribution < -0.4 is 5.32 Å². The van der Waals surface area contributed by atoms with Crippen LogP contribution in [0, 0.1) is 0 Å². The molecule has 2 heterocycles. The number of rotatable bonds is 3. The first kappa shape index (κ1) is 14.5. The molecule has 0 bridgehead atoms. The molecule has 0 saturated carbocycles. The van der Waals surface area contributed by atoms with Crippen LogP contribution in [-0.2, 0) is 0 Å². The van der Waals surface area contributed by atoms with Crippen LogP contribution in [0.2, 0.25) is 0 Å². The zero-order valence-corrected chi connectivity index (χ0v) is 14.2. The molecule has 3 nitrogen and oxygen atoms in total. The molecule has 0 aliphatic carbocycles. The van der Waals surface area contributed by atoms with Gasteiger partial charge in [-0.3, -0.25) is 4.79 Å². The predicted molar refractivity (Wildman–Crippen MR) is 82.3 cm³/mol. The van der Waals surface area contributed by atoms with Crippen molar-refractivity contribution in [3.63, 3.8) is 0 Å². The van der Waals surface area contributed by atoms with Gasteiger partial charge in [0.15, 0.2) is 0 Å². The molecule has 1 aliphatic heterocycles. The van der Waals surface area contributed by atoms with Gasteiger partial charge in [-0.25, -0.2) is 0 Å². The first-order valence-corrected chi connectivity index (χ1v) is 8.48. The second-order valence-electron chi connectivity index (χ2n) is 4.41. The Morgan fingerprint density at radius 2 is 2.17 bits per heavy atom. The molecule has 1 fully saturated rings. The van der Waals surface area contributed by atoms with Gasteiger partial charge in [-0.1, -0.05) is 6.92 Å². The number of piperidine rings is 1. The summed E-state index contributed by atoms with van der Waals surface area (Å²) in [6.07, 6.45) is 2.10. The van der Waals surface area contributed by atoms with E-state index in [1.165, 1.54) is 11.3 Å². The summed E-state index contributed by atoms with van der Waals surface area (Å²) in [6, 6.07) is 2.19. The summed E-state index contributed by atoms with van der Waals surface area (Å²) in [5.74, 6) is 0.0429. The highest BCUT2D eigenvalue weighted by Crippen LogP contribution is 2.32. The van der Waals surface area contributed by atoms with E-state index in [1.54, 1.807) is 0 Å². The van der Waals surface area contributed by atoms with E-state index in [4.69, 9.17) is 0 Å². The van der Waals surface area contributed by atoms with Gasteiger partial charge in [0.05, 0.1) is 8.66 Å². The standard InChI is InChI=1S/C12H16Br2N2OS/c1-2-16-5-3-8(4-6-16)15-12(17)10-7-9(13)11(14)18-10/h7-8H,2-6H2,1H3,(H,15,17). The Morgan fingerprint density at radius 3 is 2.67 bits per heavy atom. The maximum Gasteiger partial charge on any atom is 0.261 e. The van der Waals surface area contributed by atoms with E-state index in [1.807, 2.05) is 6.07 Å². The van der Waals surface area contributed by atoms with Gasteiger partial charge in [-0.05, 0) is 57.3 Å². The Hall–Kier alpha value is 0.0900. The van der Waals surface area contributed by atoms with Gasteiger partial charge < -0.3 is 10.2 Å². The molecule has 18 heavy (non-hydrogen) atoms. The fraction of sp³-hybridized carbons (Fsp3) is 0.583. The van der Waals surface area contributed by atoms with Crippen molar-refractivity contribution in [2.75, 3.05) is 19.6 Å². The Bertz CT molecular complexity index is 408. The molecular weight excluding hydrogens is 380 g/mol. The monoisotopic (exact) mass is 394 g/mol. The summed E-state index contributed by atoms with van der Waals surface area (Å²) >= 11 is 8.28. The van der Waals surface area contributed by atoms with Crippen molar-refractivity contribution < 1.29 is 4.79 Å². The molecule has 0 aromatic carbocycles. The van der Waals surface area contributed by atoms with Crippen LogP contribution in [0.4, 0.5) is 0 Å². The molecule has 0 atom stereocenters. The Morgan fingerprint density at radius 1 is 1.50 bits per heavy atom. The molecule has 0 spiro atoms. The van der Waals surface area contributed by atoms with Crippen LogP contribution in [0.25, 0.3) is 0 Å². The molecule has 2 rings (SSSR count). The van der Waals surface area contributed by atoms with Crippen molar-refractivity contribution in [1.82, 2.24) is 10.2 Å². The summed E-state index contributed by atoms with van der Waals surface area (Å²) in [4.78, 5) is 15.2. The summed E-state index contributed by atoms with van der Waals surface area (Å²) in [5, 5.41) is 3.12. The van der Waals surface area contributed by atoms with Gasteiger partial charge in [0.1, 0.15) is 0 Å². The molecule has 6 heteroatoms. The minimum Gasteiger partial charge on any atom is -0.349 e. The highest BCUT2D eigenvalue weighted by molar-refractivity contribution is 9.13. The average Bonchev–Trinajstić information content (AvgIpc) is 2.71. The third kappa shape index (κ3) is 3.56. The van der Waals surface area contributed by atoms with Crippen LogP contribution in [-0.4, -0.2) is 36.5 Å². The number of nitrogens with one attached hydrogen (secondary N) is 1. The number of hydrogen-bond acceptors (Lipinski definition) is 3. The lowest BCUT2D eigenvalue weighted by Crippen LogP contribution is -2.44. The van der Waals surface area contributed by atoms with Crippen LogP contribution in [0.3, 0.4) is 0 Å². The van der Waals surface area contributed by atoms with E-state index in [0.29, 0.717) is 6.04 Å². The van der Waals surface area contributed by atoms with Gasteiger partial charge >= 0.3 is 0 Å². The van der Waals surface area contributed by atoms with Crippen molar-refractivity contribution in [3.05, 3.63) is 19.2 Å². The molecule has 1 aliphatic rings. The quantitative estimate of drug-likeness (QED) is 0.849. The third-order valence-corrected chi connectivity index (χ3v) is 6.49. The van der Waals surface area contributed by atoms with E-state index in [2.05, 4.69) is 49.0 Å². The molecule has 1 amide bonds. The lowest BCUT2D eigenvalue weighted by Gasteiger charge is -2.31. The van der Waals surface area contributed by atoms with Gasteiger partial charge in [0.25, 0.3) is 5.91 Å². The summed E-state index contributed by atoms with van der Waals surface area (Å²) in [7, 11) is 0. The fourth-order valence-electron chi connectivity index (χ4n) is 2.11. The number of likely N-dealkylation sites (tertiary alicyclic amines) is 1. The van der Waals surface area contributed by atoms with Crippen molar-refractivity contribution in [1.29, 1.82) is 0 Å². The minimum absolute atomic E-state index is 0.0429. The second-order valence-corrected chi connectivity index (χ2v) is 7.64. The van der Waals surface area contributed by atoms with Gasteiger partial charge in [0.2, 0.25) is 0 Å². The first-order valence-electron chi connectivity index (χ1n) is 6.08. The summed E-state index contributed by atoms with van der Waals surface area (Å²) < 4.78 is 1.91. The molecule has 100 valence electrons. The van der Waals surface area contributed by atoms with Crippen molar-refractivity contribution >= 4 is 49.1 Å². The summed E-state index contributed by atoms with van der Waals surface area (Å²) in [5.41, 5.74) is 0. The predicted octanol–water partition coefficient (Wildman–Crippen LogP) is 3.49. The topological polar surface area (TPSA) is 32.3 Å². The largest absolute Gasteiger partial charge is 0.349 e. The lowest BCUT2D eigenvalue weighted by molar-refractivity contribution is 0.0917.